The molecular weight excluding hydrogens is 476 g/mol. The van der Waals surface area contributed by atoms with Crippen molar-refractivity contribution in [3.05, 3.63) is 83.9 Å². The highest BCUT2D eigenvalue weighted by Gasteiger charge is 2.30. The second kappa shape index (κ2) is 11.7. The van der Waals surface area contributed by atoms with Gasteiger partial charge in [-0.1, -0.05) is 18.2 Å². The Morgan fingerprint density at radius 2 is 1.41 bits per heavy atom. The lowest BCUT2D eigenvalue weighted by atomic mass is 10.0. The lowest BCUT2D eigenvalue weighted by Gasteiger charge is -2.25. The van der Waals surface area contributed by atoms with Crippen molar-refractivity contribution in [1.82, 2.24) is 5.32 Å². The SMILES string of the molecule is Cc1ccccc1NC(=O)Nc1ccc(NC(=O)C(C)(C)NC(=O)c2ccc(OCC(=O)O)cc2)cc1. The van der Waals surface area contributed by atoms with Gasteiger partial charge in [0.15, 0.2) is 6.61 Å². The van der Waals surface area contributed by atoms with Crippen molar-refractivity contribution in [3.63, 3.8) is 0 Å². The molecule has 3 aromatic carbocycles. The van der Waals surface area contributed by atoms with Gasteiger partial charge in [-0.05, 0) is 80.9 Å². The Bertz CT molecular complexity index is 1290. The van der Waals surface area contributed by atoms with Crippen LogP contribution in [-0.4, -0.2) is 41.1 Å². The van der Waals surface area contributed by atoms with E-state index in [0.717, 1.165) is 5.56 Å². The van der Waals surface area contributed by atoms with E-state index in [-0.39, 0.29) is 5.56 Å². The van der Waals surface area contributed by atoms with Gasteiger partial charge in [-0.3, -0.25) is 9.59 Å². The molecule has 3 rings (SSSR count). The molecule has 0 aromatic heterocycles. The third-order valence-electron chi connectivity index (χ3n) is 5.27. The van der Waals surface area contributed by atoms with Crippen molar-refractivity contribution in [1.29, 1.82) is 0 Å². The summed E-state index contributed by atoms with van der Waals surface area (Å²) in [5.74, 6) is -1.73. The number of hydrogen-bond acceptors (Lipinski definition) is 5. The topological polar surface area (TPSA) is 146 Å². The molecule has 10 heteroatoms. The van der Waals surface area contributed by atoms with Crippen molar-refractivity contribution in [2.45, 2.75) is 26.3 Å². The number of carboxylic acid groups (broad SMARTS) is 1. The van der Waals surface area contributed by atoms with E-state index >= 15 is 0 Å². The first-order valence-electron chi connectivity index (χ1n) is 11.4. The second-order valence-electron chi connectivity index (χ2n) is 8.71. The van der Waals surface area contributed by atoms with Crippen LogP contribution in [0.2, 0.25) is 0 Å². The molecule has 0 radical (unpaired) electrons. The molecule has 0 saturated carbocycles. The summed E-state index contributed by atoms with van der Waals surface area (Å²) >= 11 is 0. The summed E-state index contributed by atoms with van der Waals surface area (Å²) in [4.78, 5) is 48.3. The Hall–Kier alpha value is -4.86. The van der Waals surface area contributed by atoms with Gasteiger partial charge in [0.25, 0.3) is 5.91 Å². The van der Waals surface area contributed by atoms with E-state index < -0.39 is 36.0 Å². The molecule has 0 spiro atoms. The Morgan fingerprint density at radius 3 is 2.00 bits per heavy atom. The summed E-state index contributed by atoms with van der Waals surface area (Å²) in [5.41, 5.74) is 1.69. The summed E-state index contributed by atoms with van der Waals surface area (Å²) in [7, 11) is 0. The van der Waals surface area contributed by atoms with E-state index in [9.17, 15) is 19.2 Å². The maximum absolute atomic E-state index is 12.8. The molecule has 0 bridgehead atoms. The van der Waals surface area contributed by atoms with Crippen LogP contribution in [0.1, 0.15) is 29.8 Å². The molecule has 5 N–H and O–H groups in total. The first-order chi connectivity index (χ1) is 17.5. The number of rotatable bonds is 9. The number of amides is 4. The summed E-state index contributed by atoms with van der Waals surface area (Å²) in [6.07, 6.45) is 0. The number of ether oxygens (including phenoxy) is 1. The van der Waals surface area contributed by atoms with Crippen LogP contribution in [0.4, 0.5) is 21.9 Å². The van der Waals surface area contributed by atoms with Crippen molar-refractivity contribution < 1.29 is 29.0 Å². The number of para-hydroxylation sites is 1. The average Bonchev–Trinajstić information content (AvgIpc) is 2.85. The van der Waals surface area contributed by atoms with Gasteiger partial charge in [0.05, 0.1) is 0 Å². The molecule has 0 aliphatic heterocycles. The minimum absolute atomic E-state index is 0.281. The van der Waals surface area contributed by atoms with Crippen molar-refractivity contribution in [2.75, 3.05) is 22.6 Å². The van der Waals surface area contributed by atoms with E-state index in [1.54, 1.807) is 44.2 Å². The van der Waals surface area contributed by atoms with E-state index in [1.807, 2.05) is 25.1 Å². The van der Waals surface area contributed by atoms with E-state index in [4.69, 9.17) is 9.84 Å². The monoisotopic (exact) mass is 504 g/mol. The number of urea groups is 1. The number of aryl methyl sites for hydroxylation is 1. The van der Waals surface area contributed by atoms with E-state index in [1.165, 1.54) is 24.3 Å². The normalized spacial score (nSPS) is 10.7. The maximum Gasteiger partial charge on any atom is 0.341 e. The molecule has 0 aliphatic carbocycles. The standard InChI is InChI=1S/C27H28N4O6/c1-17-6-4-5-7-22(17)30-26(36)29-20-12-10-19(11-13-20)28-25(35)27(2,3)31-24(34)18-8-14-21(15-9-18)37-16-23(32)33/h4-15H,16H2,1-3H3,(H,28,35)(H,31,34)(H,32,33)(H2,29,30,36). The lowest BCUT2D eigenvalue weighted by Crippen LogP contribution is -2.52. The fourth-order valence-electron chi connectivity index (χ4n) is 3.18. The number of anilines is 3. The zero-order valence-electron chi connectivity index (χ0n) is 20.6. The molecule has 4 amide bonds. The van der Waals surface area contributed by atoms with Crippen LogP contribution in [-0.2, 0) is 9.59 Å². The molecule has 0 aliphatic rings. The average molecular weight is 505 g/mol. The summed E-state index contributed by atoms with van der Waals surface area (Å²) in [6.45, 7) is 4.54. The van der Waals surface area contributed by atoms with Crippen LogP contribution < -0.4 is 26.0 Å². The molecule has 0 unspecified atom stereocenters. The quantitative estimate of drug-likeness (QED) is 0.294. The van der Waals surface area contributed by atoms with Crippen LogP contribution in [0.25, 0.3) is 0 Å². The predicted octanol–water partition coefficient (Wildman–Crippen LogP) is 4.25. The van der Waals surface area contributed by atoms with Gasteiger partial charge in [0.2, 0.25) is 5.91 Å². The van der Waals surface area contributed by atoms with Crippen molar-refractivity contribution in [2.24, 2.45) is 0 Å². The third kappa shape index (κ3) is 7.82. The van der Waals surface area contributed by atoms with Gasteiger partial charge in [0.1, 0.15) is 11.3 Å². The number of carboxylic acids is 1. The summed E-state index contributed by atoms with van der Waals surface area (Å²) in [6, 6.07) is 19.5. The van der Waals surface area contributed by atoms with Crippen molar-refractivity contribution in [3.8, 4) is 5.75 Å². The molecule has 0 saturated heterocycles. The molecule has 0 fully saturated rings. The number of carbonyl (C=O) groups is 4. The van der Waals surface area contributed by atoms with Gasteiger partial charge in [-0.2, -0.15) is 0 Å². The Kier molecular flexibility index (Phi) is 8.47. The highest BCUT2D eigenvalue weighted by atomic mass is 16.5. The predicted molar refractivity (Wildman–Crippen MR) is 140 cm³/mol. The largest absolute Gasteiger partial charge is 0.482 e. The van der Waals surface area contributed by atoms with Gasteiger partial charge in [0, 0.05) is 22.6 Å². The first kappa shape index (κ1) is 26.7. The van der Waals surface area contributed by atoms with Gasteiger partial charge in [-0.15, -0.1) is 0 Å². The number of carbonyl (C=O) groups excluding carboxylic acids is 3. The highest BCUT2D eigenvalue weighted by molar-refractivity contribution is 6.04. The van der Waals surface area contributed by atoms with E-state index in [0.29, 0.717) is 22.8 Å². The third-order valence-corrected chi connectivity index (χ3v) is 5.27. The zero-order valence-corrected chi connectivity index (χ0v) is 20.6. The van der Waals surface area contributed by atoms with Crippen LogP contribution in [0.3, 0.4) is 0 Å². The van der Waals surface area contributed by atoms with Gasteiger partial charge in [-0.25, -0.2) is 9.59 Å². The van der Waals surface area contributed by atoms with Crippen molar-refractivity contribution >= 4 is 40.9 Å². The molecule has 0 heterocycles. The first-order valence-corrected chi connectivity index (χ1v) is 11.4. The molecule has 192 valence electrons. The molecular formula is C27H28N4O6. The van der Waals surface area contributed by atoms with Crippen LogP contribution in [0.15, 0.2) is 72.8 Å². The zero-order chi connectivity index (χ0) is 27.0. The van der Waals surface area contributed by atoms with Gasteiger partial charge < -0.3 is 31.1 Å². The fraction of sp³-hybridized carbons (Fsp3) is 0.185. The van der Waals surface area contributed by atoms with Crippen LogP contribution in [0.5, 0.6) is 5.75 Å². The maximum atomic E-state index is 12.8. The fourth-order valence-corrected chi connectivity index (χ4v) is 3.18. The Morgan fingerprint density at radius 1 is 0.811 bits per heavy atom. The highest BCUT2D eigenvalue weighted by Crippen LogP contribution is 2.18. The molecule has 37 heavy (non-hydrogen) atoms. The number of nitrogens with one attached hydrogen (secondary N) is 4. The molecule has 10 nitrogen and oxygen atoms in total. The van der Waals surface area contributed by atoms with Crippen LogP contribution in [0, 0.1) is 6.92 Å². The summed E-state index contributed by atoms with van der Waals surface area (Å²) in [5, 5.41) is 19.6. The minimum Gasteiger partial charge on any atom is -0.482 e. The molecule has 0 atom stereocenters. The minimum atomic E-state index is -1.25. The molecule has 3 aromatic rings. The van der Waals surface area contributed by atoms with Gasteiger partial charge >= 0.3 is 12.0 Å². The number of benzene rings is 3. The lowest BCUT2D eigenvalue weighted by molar-refractivity contribution is -0.139. The summed E-state index contributed by atoms with van der Waals surface area (Å²) < 4.78 is 5.05. The second-order valence-corrected chi connectivity index (χ2v) is 8.71. The number of aliphatic carboxylic acids is 1. The Balaban J connectivity index is 1.53. The van der Waals surface area contributed by atoms with E-state index in [2.05, 4.69) is 21.3 Å². The number of hydrogen-bond donors (Lipinski definition) is 5. The Labute approximate surface area is 214 Å². The van der Waals surface area contributed by atoms with Crippen LogP contribution >= 0.6 is 0 Å². The smallest absolute Gasteiger partial charge is 0.341 e.